The van der Waals surface area contributed by atoms with Gasteiger partial charge in [-0.15, -0.1) is 0 Å². The fraction of sp³-hybridized carbons (Fsp3) is 0.500. The highest BCUT2D eigenvalue weighted by molar-refractivity contribution is 5.95. The van der Waals surface area contributed by atoms with Crippen molar-refractivity contribution >= 4 is 5.91 Å². The van der Waals surface area contributed by atoms with E-state index >= 15 is 0 Å². The number of carbonyl (C=O) groups excluding carboxylic acids is 1. The molecule has 5 heteroatoms. The zero-order valence-electron chi connectivity index (χ0n) is 15.6. The molecule has 6 rings (SSSR count). The Kier molecular flexibility index (Phi) is 3.82. The van der Waals surface area contributed by atoms with Crippen LogP contribution in [-0.2, 0) is 0 Å². The molecule has 0 spiro atoms. The summed E-state index contributed by atoms with van der Waals surface area (Å²) in [6, 6.07) is 9.71. The van der Waals surface area contributed by atoms with E-state index in [1.54, 1.807) is 23.0 Å². The Hall–Kier alpha value is -2.61. The molecule has 1 N–H and O–H groups in total. The summed E-state index contributed by atoms with van der Waals surface area (Å²) >= 11 is 0. The zero-order valence-corrected chi connectivity index (χ0v) is 15.6. The van der Waals surface area contributed by atoms with Crippen molar-refractivity contribution in [3.8, 4) is 11.8 Å². The molecule has 1 aromatic carbocycles. The highest BCUT2D eigenvalue weighted by Crippen LogP contribution is 2.53. The topological polar surface area (TPSA) is 70.7 Å². The second-order valence-electron chi connectivity index (χ2n) is 8.64. The van der Waals surface area contributed by atoms with E-state index in [9.17, 15) is 4.79 Å². The van der Waals surface area contributed by atoms with Crippen molar-refractivity contribution in [1.82, 2.24) is 15.1 Å². The van der Waals surface area contributed by atoms with Crippen molar-refractivity contribution < 1.29 is 4.79 Å². The summed E-state index contributed by atoms with van der Waals surface area (Å²) in [5.74, 6) is 3.14. The minimum Gasteiger partial charge on any atom is -0.349 e. The molecule has 27 heavy (non-hydrogen) atoms. The average Bonchev–Trinajstić information content (AvgIpc) is 3.05. The lowest BCUT2D eigenvalue weighted by Gasteiger charge is -2.54. The first-order chi connectivity index (χ1) is 13.1. The van der Waals surface area contributed by atoms with Crippen LogP contribution in [-0.4, -0.2) is 21.7 Å². The van der Waals surface area contributed by atoms with Gasteiger partial charge in [-0.05, 0) is 87.0 Å². The van der Waals surface area contributed by atoms with E-state index in [1.807, 2.05) is 19.1 Å². The standard InChI is InChI=1S/C22H24N4O/c1-13-20(12-24-26(13)19-4-2-14(11-23)3-5-19)22(27)25-21-17-7-15-6-16(9-17)10-18(21)8-15/h2-5,12,15-18,21H,6-10H2,1H3,(H,25,27). The number of nitriles is 1. The minimum atomic E-state index is 0.00451. The summed E-state index contributed by atoms with van der Waals surface area (Å²) in [6.45, 7) is 1.93. The molecule has 4 aliphatic carbocycles. The number of hydrogen-bond donors (Lipinski definition) is 1. The van der Waals surface area contributed by atoms with E-state index < -0.39 is 0 Å². The molecule has 0 radical (unpaired) electrons. The number of carbonyl (C=O) groups is 1. The van der Waals surface area contributed by atoms with Crippen molar-refractivity contribution in [3.05, 3.63) is 47.3 Å². The van der Waals surface area contributed by atoms with E-state index in [4.69, 9.17) is 5.26 Å². The quantitative estimate of drug-likeness (QED) is 0.909. The number of nitrogens with one attached hydrogen (secondary N) is 1. The molecule has 1 aromatic heterocycles. The van der Waals surface area contributed by atoms with Crippen LogP contribution in [0.15, 0.2) is 30.5 Å². The van der Waals surface area contributed by atoms with Gasteiger partial charge >= 0.3 is 0 Å². The molecule has 0 atom stereocenters. The third kappa shape index (κ3) is 2.75. The van der Waals surface area contributed by atoms with E-state index in [0.29, 0.717) is 29.0 Å². The lowest BCUT2D eigenvalue weighted by molar-refractivity contribution is -0.0119. The summed E-state index contributed by atoms with van der Waals surface area (Å²) in [5, 5.41) is 16.7. The third-order valence-electron chi connectivity index (χ3n) is 7.02. The van der Waals surface area contributed by atoms with E-state index in [-0.39, 0.29) is 5.91 Å². The van der Waals surface area contributed by atoms with Crippen LogP contribution in [0.4, 0.5) is 0 Å². The number of aromatic nitrogens is 2. The molecule has 0 unspecified atom stereocenters. The van der Waals surface area contributed by atoms with Crippen LogP contribution in [0, 0.1) is 41.9 Å². The highest BCUT2D eigenvalue weighted by Gasteiger charge is 2.48. The second-order valence-corrected chi connectivity index (χ2v) is 8.64. The van der Waals surface area contributed by atoms with Crippen LogP contribution < -0.4 is 5.32 Å². The molecular weight excluding hydrogens is 336 g/mol. The number of amides is 1. The van der Waals surface area contributed by atoms with Crippen molar-refractivity contribution in [2.45, 2.75) is 45.1 Å². The zero-order chi connectivity index (χ0) is 18.5. The van der Waals surface area contributed by atoms with Gasteiger partial charge in [0.2, 0.25) is 0 Å². The number of nitrogens with zero attached hydrogens (tertiary/aromatic N) is 3. The van der Waals surface area contributed by atoms with E-state index in [1.165, 1.54) is 32.1 Å². The van der Waals surface area contributed by atoms with Gasteiger partial charge in [0.15, 0.2) is 0 Å². The molecule has 1 heterocycles. The van der Waals surface area contributed by atoms with Crippen LogP contribution in [0.1, 0.15) is 53.7 Å². The van der Waals surface area contributed by atoms with Gasteiger partial charge in [-0.25, -0.2) is 4.68 Å². The third-order valence-corrected chi connectivity index (χ3v) is 7.02. The predicted octanol–water partition coefficient (Wildman–Crippen LogP) is 3.61. The van der Waals surface area contributed by atoms with Gasteiger partial charge in [0.25, 0.3) is 5.91 Å². The van der Waals surface area contributed by atoms with Crippen molar-refractivity contribution in [3.63, 3.8) is 0 Å². The Morgan fingerprint density at radius 2 is 1.74 bits per heavy atom. The minimum absolute atomic E-state index is 0.00451. The van der Waals surface area contributed by atoms with Crippen LogP contribution in [0.2, 0.25) is 0 Å². The maximum Gasteiger partial charge on any atom is 0.254 e. The van der Waals surface area contributed by atoms with Crippen LogP contribution in [0.25, 0.3) is 5.69 Å². The first kappa shape index (κ1) is 16.6. The normalized spacial score (nSPS) is 30.9. The summed E-state index contributed by atoms with van der Waals surface area (Å²) in [4.78, 5) is 13.0. The van der Waals surface area contributed by atoms with E-state index in [2.05, 4.69) is 16.5 Å². The van der Waals surface area contributed by atoms with Gasteiger partial charge in [-0.3, -0.25) is 4.79 Å². The maximum absolute atomic E-state index is 13.0. The Morgan fingerprint density at radius 1 is 1.11 bits per heavy atom. The predicted molar refractivity (Wildman–Crippen MR) is 101 cm³/mol. The van der Waals surface area contributed by atoms with Gasteiger partial charge in [-0.1, -0.05) is 0 Å². The van der Waals surface area contributed by atoms with Crippen LogP contribution in [0.3, 0.4) is 0 Å². The van der Waals surface area contributed by atoms with Gasteiger partial charge in [0.05, 0.1) is 34.8 Å². The molecular formula is C22H24N4O. The molecule has 2 aromatic rings. The van der Waals surface area contributed by atoms with Gasteiger partial charge in [0.1, 0.15) is 0 Å². The SMILES string of the molecule is Cc1c(C(=O)NC2C3CC4CC(C3)CC2C4)cnn1-c1ccc(C#N)cc1. The highest BCUT2D eigenvalue weighted by atomic mass is 16.1. The van der Waals surface area contributed by atoms with E-state index in [0.717, 1.165) is 23.2 Å². The molecule has 4 fully saturated rings. The van der Waals surface area contributed by atoms with Gasteiger partial charge in [-0.2, -0.15) is 10.4 Å². The Balaban J connectivity index is 1.35. The molecule has 0 saturated heterocycles. The fourth-order valence-electron chi connectivity index (χ4n) is 5.96. The molecule has 138 valence electrons. The molecule has 4 aliphatic rings. The van der Waals surface area contributed by atoms with Crippen molar-refractivity contribution in [1.29, 1.82) is 5.26 Å². The number of hydrogen-bond acceptors (Lipinski definition) is 3. The Labute approximate surface area is 159 Å². The van der Waals surface area contributed by atoms with Gasteiger partial charge < -0.3 is 5.32 Å². The van der Waals surface area contributed by atoms with Crippen LogP contribution >= 0.6 is 0 Å². The Morgan fingerprint density at radius 3 is 2.33 bits per heavy atom. The number of rotatable bonds is 3. The lowest BCUT2D eigenvalue weighted by Crippen LogP contribution is -2.55. The largest absolute Gasteiger partial charge is 0.349 e. The second kappa shape index (κ2) is 6.23. The smallest absolute Gasteiger partial charge is 0.254 e. The summed E-state index contributed by atoms with van der Waals surface area (Å²) < 4.78 is 1.77. The number of benzene rings is 1. The molecule has 5 nitrogen and oxygen atoms in total. The summed E-state index contributed by atoms with van der Waals surface area (Å²) in [5.41, 5.74) is 2.96. The van der Waals surface area contributed by atoms with Gasteiger partial charge in [0, 0.05) is 6.04 Å². The summed E-state index contributed by atoms with van der Waals surface area (Å²) in [6.07, 6.45) is 8.26. The Bertz CT molecular complexity index is 893. The fourth-order valence-corrected chi connectivity index (χ4v) is 5.96. The maximum atomic E-state index is 13.0. The molecule has 4 bridgehead atoms. The lowest BCUT2D eigenvalue weighted by atomic mass is 9.54. The monoisotopic (exact) mass is 360 g/mol. The first-order valence-electron chi connectivity index (χ1n) is 9.98. The first-order valence-corrected chi connectivity index (χ1v) is 9.98. The van der Waals surface area contributed by atoms with Crippen LogP contribution in [0.5, 0.6) is 0 Å². The van der Waals surface area contributed by atoms with Crippen molar-refractivity contribution in [2.75, 3.05) is 0 Å². The molecule has 4 saturated carbocycles. The molecule has 1 amide bonds. The summed E-state index contributed by atoms with van der Waals surface area (Å²) in [7, 11) is 0. The van der Waals surface area contributed by atoms with Crippen molar-refractivity contribution in [2.24, 2.45) is 23.7 Å². The molecule has 0 aliphatic heterocycles. The average molecular weight is 360 g/mol.